The Hall–Kier alpha value is -1.23. The van der Waals surface area contributed by atoms with Crippen LogP contribution in [0.25, 0.3) is 0 Å². The molecule has 2 unspecified atom stereocenters. The van der Waals surface area contributed by atoms with Crippen molar-refractivity contribution in [1.29, 1.82) is 0 Å². The summed E-state index contributed by atoms with van der Waals surface area (Å²) in [6, 6.07) is 0. The van der Waals surface area contributed by atoms with E-state index in [1.807, 2.05) is 11.6 Å². The van der Waals surface area contributed by atoms with Crippen LogP contribution in [0.15, 0.2) is 0 Å². The molecular weight excluding hydrogens is 228 g/mol. The molecule has 2 heterocycles. The summed E-state index contributed by atoms with van der Waals surface area (Å²) >= 11 is 0. The molecule has 1 aromatic heterocycles. The maximum absolute atomic E-state index is 6.08. The fourth-order valence-corrected chi connectivity index (χ4v) is 2.43. The molecule has 0 aromatic carbocycles. The van der Waals surface area contributed by atoms with Gasteiger partial charge in [0, 0.05) is 25.6 Å². The van der Waals surface area contributed by atoms with E-state index >= 15 is 0 Å². The molecular formula is C13H24N4O. The highest BCUT2D eigenvalue weighted by molar-refractivity contribution is 5.64. The van der Waals surface area contributed by atoms with Crippen molar-refractivity contribution in [3.05, 3.63) is 5.69 Å². The lowest BCUT2D eigenvalue weighted by molar-refractivity contribution is 0.108. The Bertz CT molecular complexity index is 402. The standard InChI is InChI=1S/C13H24N4O/c1-4-6-17-13(12(14)9(2)16-17)15-8-11-5-7-18-10(11)3/h10-11,15H,4-8,14H2,1-3H3. The van der Waals surface area contributed by atoms with Gasteiger partial charge in [0.15, 0.2) is 0 Å². The zero-order chi connectivity index (χ0) is 13.1. The minimum Gasteiger partial charge on any atom is -0.394 e. The van der Waals surface area contributed by atoms with Crippen molar-refractivity contribution in [1.82, 2.24) is 9.78 Å². The average Bonchev–Trinajstić information content (AvgIpc) is 2.85. The molecule has 0 radical (unpaired) electrons. The highest BCUT2D eigenvalue weighted by Gasteiger charge is 2.24. The maximum Gasteiger partial charge on any atom is 0.148 e. The number of aromatic nitrogens is 2. The highest BCUT2D eigenvalue weighted by Crippen LogP contribution is 2.25. The van der Waals surface area contributed by atoms with Gasteiger partial charge in [-0.3, -0.25) is 0 Å². The number of anilines is 2. The van der Waals surface area contributed by atoms with Gasteiger partial charge < -0.3 is 15.8 Å². The second kappa shape index (κ2) is 5.61. The largest absolute Gasteiger partial charge is 0.394 e. The molecule has 2 rings (SSSR count). The number of nitrogens with one attached hydrogen (secondary N) is 1. The summed E-state index contributed by atoms with van der Waals surface area (Å²) in [6.07, 6.45) is 2.51. The van der Waals surface area contributed by atoms with E-state index in [0.29, 0.717) is 12.0 Å². The molecule has 0 spiro atoms. The van der Waals surface area contributed by atoms with Gasteiger partial charge in [-0.2, -0.15) is 5.10 Å². The Labute approximate surface area is 109 Å². The lowest BCUT2D eigenvalue weighted by atomic mass is 10.0. The maximum atomic E-state index is 6.08. The first-order valence-electron chi connectivity index (χ1n) is 6.81. The summed E-state index contributed by atoms with van der Waals surface area (Å²) in [5.74, 6) is 1.53. The number of ether oxygens (including phenoxy) is 1. The molecule has 1 aromatic rings. The van der Waals surface area contributed by atoms with Crippen molar-refractivity contribution in [3.8, 4) is 0 Å². The van der Waals surface area contributed by atoms with E-state index in [-0.39, 0.29) is 0 Å². The van der Waals surface area contributed by atoms with Gasteiger partial charge in [-0.05, 0) is 26.7 Å². The molecule has 5 heteroatoms. The van der Waals surface area contributed by atoms with Gasteiger partial charge in [-0.1, -0.05) is 6.92 Å². The second-order valence-electron chi connectivity index (χ2n) is 5.08. The van der Waals surface area contributed by atoms with E-state index in [1.54, 1.807) is 0 Å². The van der Waals surface area contributed by atoms with Crippen LogP contribution in [0.4, 0.5) is 11.5 Å². The van der Waals surface area contributed by atoms with Crippen molar-refractivity contribution in [3.63, 3.8) is 0 Å². The van der Waals surface area contributed by atoms with Gasteiger partial charge in [0.25, 0.3) is 0 Å². The summed E-state index contributed by atoms with van der Waals surface area (Å²) < 4.78 is 7.55. The summed E-state index contributed by atoms with van der Waals surface area (Å²) in [7, 11) is 0. The van der Waals surface area contributed by atoms with Crippen LogP contribution in [-0.2, 0) is 11.3 Å². The Morgan fingerprint density at radius 1 is 1.56 bits per heavy atom. The molecule has 102 valence electrons. The molecule has 3 N–H and O–H groups in total. The lowest BCUT2D eigenvalue weighted by Crippen LogP contribution is -2.22. The molecule has 1 aliphatic rings. The summed E-state index contributed by atoms with van der Waals surface area (Å²) in [4.78, 5) is 0. The van der Waals surface area contributed by atoms with Crippen molar-refractivity contribution in [2.24, 2.45) is 5.92 Å². The molecule has 5 nitrogen and oxygen atoms in total. The first-order chi connectivity index (χ1) is 8.63. The van der Waals surface area contributed by atoms with Crippen molar-refractivity contribution in [2.75, 3.05) is 24.2 Å². The molecule has 2 atom stereocenters. The molecule has 1 fully saturated rings. The first-order valence-corrected chi connectivity index (χ1v) is 6.81. The molecule has 18 heavy (non-hydrogen) atoms. The number of hydrogen-bond donors (Lipinski definition) is 2. The predicted molar refractivity (Wildman–Crippen MR) is 73.7 cm³/mol. The Morgan fingerprint density at radius 3 is 2.94 bits per heavy atom. The average molecular weight is 252 g/mol. The van der Waals surface area contributed by atoms with Crippen molar-refractivity contribution >= 4 is 11.5 Å². The zero-order valence-corrected chi connectivity index (χ0v) is 11.6. The van der Waals surface area contributed by atoms with E-state index in [4.69, 9.17) is 10.5 Å². The minimum absolute atomic E-state index is 0.336. The molecule has 0 aliphatic carbocycles. The van der Waals surface area contributed by atoms with Crippen LogP contribution in [-0.4, -0.2) is 29.0 Å². The van der Waals surface area contributed by atoms with Crippen molar-refractivity contribution in [2.45, 2.75) is 46.3 Å². The second-order valence-corrected chi connectivity index (χ2v) is 5.08. The Morgan fingerprint density at radius 2 is 2.33 bits per heavy atom. The number of nitrogens with zero attached hydrogens (tertiary/aromatic N) is 2. The lowest BCUT2D eigenvalue weighted by Gasteiger charge is -2.16. The molecule has 0 amide bonds. The van der Waals surface area contributed by atoms with Gasteiger partial charge in [-0.25, -0.2) is 4.68 Å². The topological polar surface area (TPSA) is 65.1 Å². The molecule has 1 aliphatic heterocycles. The van der Waals surface area contributed by atoms with Gasteiger partial charge >= 0.3 is 0 Å². The van der Waals surface area contributed by atoms with E-state index in [1.165, 1.54) is 0 Å². The van der Waals surface area contributed by atoms with Gasteiger partial charge in [0.1, 0.15) is 5.82 Å². The van der Waals surface area contributed by atoms with Crippen LogP contribution in [0.5, 0.6) is 0 Å². The fraction of sp³-hybridized carbons (Fsp3) is 0.769. The Kier molecular flexibility index (Phi) is 4.11. The molecule has 1 saturated heterocycles. The van der Waals surface area contributed by atoms with Crippen LogP contribution in [0, 0.1) is 12.8 Å². The van der Waals surface area contributed by atoms with Crippen LogP contribution in [0.2, 0.25) is 0 Å². The number of hydrogen-bond acceptors (Lipinski definition) is 4. The summed E-state index contributed by atoms with van der Waals surface area (Å²) in [5, 5.41) is 7.92. The van der Waals surface area contributed by atoms with E-state index in [2.05, 4.69) is 24.3 Å². The summed E-state index contributed by atoms with van der Waals surface area (Å²) in [6.45, 7) is 8.91. The zero-order valence-electron chi connectivity index (χ0n) is 11.6. The van der Waals surface area contributed by atoms with Crippen LogP contribution in [0.1, 0.15) is 32.4 Å². The van der Waals surface area contributed by atoms with Crippen LogP contribution < -0.4 is 11.1 Å². The molecule has 0 saturated carbocycles. The highest BCUT2D eigenvalue weighted by atomic mass is 16.5. The quantitative estimate of drug-likeness (QED) is 0.841. The van der Waals surface area contributed by atoms with Gasteiger partial charge in [-0.15, -0.1) is 0 Å². The smallest absolute Gasteiger partial charge is 0.148 e. The Balaban J connectivity index is 2.03. The SMILES string of the molecule is CCCn1nc(C)c(N)c1NCC1CCOC1C. The van der Waals surface area contributed by atoms with Crippen LogP contribution in [0.3, 0.4) is 0 Å². The predicted octanol–water partition coefficient (Wildman–Crippen LogP) is 2.02. The van der Waals surface area contributed by atoms with Crippen molar-refractivity contribution < 1.29 is 4.74 Å². The van der Waals surface area contributed by atoms with E-state index in [0.717, 1.165) is 49.7 Å². The third-order valence-corrected chi connectivity index (χ3v) is 3.67. The summed E-state index contributed by atoms with van der Waals surface area (Å²) in [5.41, 5.74) is 7.75. The van der Waals surface area contributed by atoms with E-state index < -0.39 is 0 Å². The van der Waals surface area contributed by atoms with Crippen LogP contribution >= 0.6 is 0 Å². The van der Waals surface area contributed by atoms with E-state index in [9.17, 15) is 0 Å². The third kappa shape index (κ3) is 2.61. The minimum atomic E-state index is 0.336. The normalized spacial score (nSPS) is 23.5. The van der Waals surface area contributed by atoms with Gasteiger partial charge in [0.05, 0.1) is 17.5 Å². The fourth-order valence-electron chi connectivity index (χ4n) is 2.43. The number of aryl methyl sites for hydroxylation is 2. The third-order valence-electron chi connectivity index (χ3n) is 3.67. The number of rotatable bonds is 5. The molecule has 0 bridgehead atoms. The monoisotopic (exact) mass is 252 g/mol. The number of nitrogens with two attached hydrogens (primary N) is 1. The number of nitrogen functional groups attached to an aromatic ring is 1. The first kappa shape index (κ1) is 13.2. The van der Waals surface area contributed by atoms with Gasteiger partial charge in [0.2, 0.25) is 0 Å².